The molecular weight excluding hydrogens is 280 g/mol. The van der Waals surface area contributed by atoms with Crippen molar-refractivity contribution >= 4 is 33.0 Å². The topological polar surface area (TPSA) is 86.5 Å². The number of thioether (sulfide) groups is 1. The van der Waals surface area contributed by atoms with Crippen molar-refractivity contribution in [3.63, 3.8) is 0 Å². The second kappa shape index (κ2) is 5.00. The SMILES string of the molecule is CC[S+]([O-])C1=CN(C(C)(C)C)C(S(N)(=O)=O)S1. The van der Waals surface area contributed by atoms with Crippen LogP contribution in [0.3, 0.4) is 0 Å². The second-order valence-corrected chi connectivity index (χ2v) is 9.69. The first-order chi connectivity index (χ1) is 7.57. The first-order valence-corrected chi connectivity index (χ1v) is 8.95. The van der Waals surface area contributed by atoms with Gasteiger partial charge in [0.25, 0.3) is 0 Å². The molecule has 100 valence electrons. The quantitative estimate of drug-likeness (QED) is 0.785. The van der Waals surface area contributed by atoms with Gasteiger partial charge in [-0.15, -0.1) is 0 Å². The summed E-state index contributed by atoms with van der Waals surface area (Å²) in [4.78, 5) is 1.65. The summed E-state index contributed by atoms with van der Waals surface area (Å²) in [6.45, 7) is 7.46. The van der Waals surface area contributed by atoms with Gasteiger partial charge in [-0.1, -0.05) is 0 Å². The standard InChI is InChI=1S/C9H18N2O3S3/c1-5-16(12)7-6-11(9(2,3)4)8(15-7)17(10,13)14/h6,8H,5H2,1-4H3,(H2,10,13,14). The van der Waals surface area contributed by atoms with Gasteiger partial charge < -0.3 is 9.45 Å². The molecule has 0 bridgehead atoms. The Morgan fingerprint density at radius 2 is 2.12 bits per heavy atom. The molecule has 1 aliphatic rings. The predicted molar refractivity (Wildman–Crippen MR) is 72.8 cm³/mol. The highest BCUT2D eigenvalue weighted by atomic mass is 32.3. The molecule has 2 unspecified atom stereocenters. The lowest BCUT2D eigenvalue weighted by atomic mass is 10.1. The lowest BCUT2D eigenvalue weighted by Gasteiger charge is -2.35. The number of hydrogen-bond donors (Lipinski definition) is 1. The molecule has 0 saturated carbocycles. The zero-order valence-electron chi connectivity index (χ0n) is 10.3. The minimum Gasteiger partial charge on any atom is -0.611 e. The minimum absolute atomic E-state index is 0.385. The van der Waals surface area contributed by atoms with E-state index in [0.29, 0.717) is 9.99 Å². The Balaban J connectivity index is 3.07. The summed E-state index contributed by atoms with van der Waals surface area (Å²) in [5.41, 5.74) is -0.385. The highest BCUT2D eigenvalue weighted by Crippen LogP contribution is 2.41. The summed E-state index contributed by atoms with van der Waals surface area (Å²) in [7, 11) is -3.71. The van der Waals surface area contributed by atoms with E-state index >= 15 is 0 Å². The molecule has 0 amide bonds. The van der Waals surface area contributed by atoms with Gasteiger partial charge in [0, 0.05) is 5.54 Å². The molecule has 1 heterocycles. The van der Waals surface area contributed by atoms with Gasteiger partial charge in [0.15, 0.2) is 0 Å². The Morgan fingerprint density at radius 1 is 1.59 bits per heavy atom. The van der Waals surface area contributed by atoms with Crippen molar-refractivity contribution in [3.8, 4) is 0 Å². The summed E-state index contributed by atoms with van der Waals surface area (Å²) >= 11 is -0.0918. The van der Waals surface area contributed by atoms with Crippen molar-refractivity contribution in [2.24, 2.45) is 5.14 Å². The van der Waals surface area contributed by atoms with E-state index in [9.17, 15) is 13.0 Å². The molecule has 2 atom stereocenters. The lowest BCUT2D eigenvalue weighted by Crippen LogP contribution is -2.46. The van der Waals surface area contributed by atoms with E-state index in [4.69, 9.17) is 5.14 Å². The zero-order valence-corrected chi connectivity index (χ0v) is 12.8. The fourth-order valence-corrected chi connectivity index (χ4v) is 5.51. The molecule has 2 N–H and O–H groups in total. The fourth-order valence-electron chi connectivity index (χ4n) is 1.35. The van der Waals surface area contributed by atoms with Crippen molar-refractivity contribution in [3.05, 3.63) is 10.4 Å². The van der Waals surface area contributed by atoms with Crippen LogP contribution >= 0.6 is 11.8 Å². The van der Waals surface area contributed by atoms with Gasteiger partial charge >= 0.3 is 0 Å². The number of sulfonamides is 1. The van der Waals surface area contributed by atoms with Gasteiger partial charge in [-0.2, -0.15) is 0 Å². The molecule has 0 saturated heterocycles. The van der Waals surface area contributed by atoms with Crippen molar-refractivity contribution in [1.29, 1.82) is 0 Å². The van der Waals surface area contributed by atoms with Gasteiger partial charge in [0.05, 0.1) is 6.20 Å². The van der Waals surface area contributed by atoms with Crippen LogP contribution in [-0.2, 0) is 21.2 Å². The van der Waals surface area contributed by atoms with Crippen LogP contribution in [0.4, 0.5) is 0 Å². The molecule has 0 aromatic rings. The molecular formula is C9H18N2O3S3. The van der Waals surface area contributed by atoms with Crippen LogP contribution in [0.1, 0.15) is 27.7 Å². The minimum atomic E-state index is -3.71. The highest BCUT2D eigenvalue weighted by molar-refractivity contribution is 8.24. The summed E-state index contributed by atoms with van der Waals surface area (Å²) < 4.78 is 34.5. The van der Waals surface area contributed by atoms with E-state index < -0.39 is 25.9 Å². The number of rotatable bonds is 3. The number of primary sulfonamides is 1. The molecule has 0 spiro atoms. The van der Waals surface area contributed by atoms with E-state index in [0.717, 1.165) is 11.8 Å². The molecule has 0 fully saturated rings. The van der Waals surface area contributed by atoms with Gasteiger partial charge in [0.1, 0.15) is 5.75 Å². The summed E-state index contributed by atoms with van der Waals surface area (Å²) in [5.74, 6) is 0.466. The van der Waals surface area contributed by atoms with Gasteiger partial charge in [-0.3, -0.25) is 0 Å². The van der Waals surface area contributed by atoms with Crippen LogP contribution in [0.2, 0.25) is 0 Å². The van der Waals surface area contributed by atoms with E-state index in [2.05, 4.69) is 0 Å². The molecule has 17 heavy (non-hydrogen) atoms. The highest BCUT2D eigenvalue weighted by Gasteiger charge is 2.43. The van der Waals surface area contributed by atoms with Crippen LogP contribution in [0, 0.1) is 0 Å². The monoisotopic (exact) mass is 298 g/mol. The van der Waals surface area contributed by atoms with Crippen LogP contribution in [-0.4, -0.2) is 33.9 Å². The molecule has 0 aromatic carbocycles. The maximum Gasteiger partial charge on any atom is 0.240 e. The van der Waals surface area contributed by atoms with E-state index in [1.54, 1.807) is 18.0 Å². The number of nitrogens with two attached hydrogens (primary N) is 1. The third-order valence-corrected chi connectivity index (χ3v) is 6.80. The Hall–Kier alpha value is 0.110. The van der Waals surface area contributed by atoms with Crippen LogP contribution in [0.25, 0.3) is 0 Å². The molecule has 0 aliphatic carbocycles. The first-order valence-electron chi connectivity index (χ1n) is 5.14. The Kier molecular flexibility index (Phi) is 4.47. The van der Waals surface area contributed by atoms with Crippen molar-refractivity contribution in [2.75, 3.05) is 5.75 Å². The molecule has 1 rings (SSSR count). The third-order valence-electron chi connectivity index (χ3n) is 2.23. The molecule has 8 heteroatoms. The average molecular weight is 298 g/mol. The maximum absolute atomic E-state index is 11.7. The van der Waals surface area contributed by atoms with Gasteiger partial charge in [-0.05, 0) is 50.6 Å². The first kappa shape index (κ1) is 15.2. The van der Waals surface area contributed by atoms with Crippen LogP contribution < -0.4 is 5.14 Å². The molecule has 1 aliphatic heterocycles. The molecule has 0 radical (unpaired) electrons. The van der Waals surface area contributed by atoms with Crippen LogP contribution in [0.15, 0.2) is 10.4 Å². The van der Waals surface area contributed by atoms with Gasteiger partial charge in [-0.25, -0.2) is 13.6 Å². The summed E-state index contributed by atoms with van der Waals surface area (Å²) in [6, 6.07) is 0. The van der Waals surface area contributed by atoms with Gasteiger partial charge in [0.2, 0.25) is 19.0 Å². The van der Waals surface area contributed by atoms with Crippen molar-refractivity contribution < 1.29 is 13.0 Å². The zero-order chi connectivity index (χ0) is 13.4. The normalized spacial score (nSPS) is 23.8. The summed E-state index contributed by atoms with van der Waals surface area (Å²) in [6.07, 6.45) is 1.65. The average Bonchev–Trinajstić information content (AvgIpc) is 2.59. The molecule has 0 aromatic heterocycles. The third kappa shape index (κ3) is 3.54. The summed E-state index contributed by atoms with van der Waals surface area (Å²) in [5, 5.41) is 5.21. The van der Waals surface area contributed by atoms with Crippen LogP contribution in [0.5, 0.6) is 0 Å². The smallest absolute Gasteiger partial charge is 0.240 e. The van der Waals surface area contributed by atoms with Crippen molar-refractivity contribution in [2.45, 2.75) is 37.9 Å². The Bertz CT molecular complexity index is 414. The number of nitrogens with zero attached hydrogens (tertiary/aromatic N) is 1. The Labute approximate surface area is 110 Å². The number of hydrogen-bond acceptors (Lipinski definition) is 5. The van der Waals surface area contributed by atoms with E-state index in [-0.39, 0.29) is 5.54 Å². The van der Waals surface area contributed by atoms with E-state index in [1.165, 1.54) is 0 Å². The largest absolute Gasteiger partial charge is 0.611 e. The lowest BCUT2D eigenvalue weighted by molar-refractivity contribution is 0.226. The predicted octanol–water partition coefficient (Wildman–Crippen LogP) is 0.973. The second-order valence-electron chi connectivity index (χ2n) is 4.67. The van der Waals surface area contributed by atoms with E-state index in [1.807, 2.05) is 20.8 Å². The maximum atomic E-state index is 11.7. The molecule has 5 nitrogen and oxygen atoms in total. The van der Waals surface area contributed by atoms with Crippen molar-refractivity contribution in [1.82, 2.24) is 4.90 Å². The fraction of sp³-hybridized carbons (Fsp3) is 0.778. The Morgan fingerprint density at radius 3 is 2.41 bits per heavy atom.